The van der Waals surface area contributed by atoms with E-state index in [1.807, 2.05) is 6.07 Å². The van der Waals surface area contributed by atoms with Crippen molar-refractivity contribution in [2.24, 2.45) is 0 Å². The van der Waals surface area contributed by atoms with Crippen LogP contribution in [0.25, 0.3) is 10.8 Å². The zero-order valence-corrected chi connectivity index (χ0v) is 8.12. The number of hydrogen-bond acceptors (Lipinski definition) is 3. The Morgan fingerprint density at radius 2 is 2.00 bits per heavy atom. The average molecular weight is 201 g/mol. The summed E-state index contributed by atoms with van der Waals surface area (Å²) >= 11 is 0. The maximum atomic E-state index is 9.82. The number of anilines is 1. The van der Waals surface area contributed by atoms with Crippen LogP contribution in [0, 0.1) is 0 Å². The normalized spacial score (nSPS) is 13.9. The molecule has 1 heterocycles. The van der Waals surface area contributed by atoms with Gasteiger partial charge in [-0.25, -0.2) is 0 Å². The lowest BCUT2D eigenvalue weighted by Crippen LogP contribution is -1.90. The van der Waals surface area contributed by atoms with Crippen molar-refractivity contribution in [3.8, 4) is 11.5 Å². The summed E-state index contributed by atoms with van der Waals surface area (Å²) in [5, 5.41) is 24.3. The maximum absolute atomic E-state index is 9.82. The number of aromatic hydroxyl groups is 2. The first-order valence-electron chi connectivity index (χ1n) is 4.98. The van der Waals surface area contributed by atoms with Crippen LogP contribution in [-0.4, -0.2) is 16.8 Å². The second kappa shape index (κ2) is 2.79. The van der Waals surface area contributed by atoms with Crippen molar-refractivity contribution >= 4 is 16.5 Å². The van der Waals surface area contributed by atoms with E-state index in [9.17, 15) is 10.2 Å². The molecule has 15 heavy (non-hydrogen) atoms. The highest BCUT2D eigenvalue weighted by Gasteiger charge is 2.18. The number of hydrogen-bond donors (Lipinski definition) is 3. The van der Waals surface area contributed by atoms with Crippen LogP contribution < -0.4 is 5.32 Å². The summed E-state index contributed by atoms with van der Waals surface area (Å²) in [5.74, 6) is 0.456. The van der Waals surface area contributed by atoms with Crippen molar-refractivity contribution in [1.29, 1.82) is 0 Å². The number of phenols is 2. The first-order valence-corrected chi connectivity index (χ1v) is 4.98. The molecule has 0 saturated carbocycles. The molecule has 0 aliphatic carbocycles. The third-order valence-electron chi connectivity index (χ3n) is 2.92. The van der Waals surface area contributed by atoms with E-state index < -0.39 is 0 Å². The monoisotopic (exact) mass is 201 g/mol. The van der Waals surface area contributed by atoms with E-state index in [1.165, 1.54) is 0 Å². The fraction of sp³-hybridized carbons (Fsp3) is 0.167. The predicted octanol–water partition coefficient (Wildman–Crippen LogP) is 2.22. The van der Waals surface area contributed by atoms with Crippen molar-refractivity contribution in [1.82, 2.24) is 0 Å². The molecule has 3 rings (SSSR count). The fourth-order valence-corrected chi connectivity index (χ4v) is 2.25. The molecule has 76 valence electrons. The maximum Gasteiger partial charge on any atom is 0.125 e. The summed E-state index contributed by atoms with van der Waals surface area (Å²) in [5.41, 5.74) is 2.03. The van der Waals surface area contributed by atoms with Crippen molar-refractivity contribution in [2.45, 2.75) is 6.42 Å². The summed E-state index contributed by atoms with van der Waals surface area (Å²) in [7, 11) is 0. The number of phenolic OH excluding ortho intramolecular Hbond substituents is 2. The summed E-state index contributed by atoms with van der Waals surface area (Å²) in [6.45, 7) is 0.863. The standard InChI is InChI=1S/C12H11NO2/c14-10-3-1-2-8-11(15)6-9-7(12(8)10)4-5-13-9/h1-3,6,13-15H,4-5H2. The summed E-state index contributed by atoms with van der Waals surface area (Å²) in [6, 6.07) is 6.94. The van der Waals surface area contributed by atoms with Crippen molar-refractivity contribution in [3.63, 3.8) is 0 Å². The van der Waals surface area contributed by atoms with E-state index in [4.69, 9.17) is 0 Å². The van der Waals surface area contributed by atoms with Gasteiger partial charge < -0.3 is 15.5 Å². The third kappa shape index (κ3) is 1.06. The molecule has 0 unspecified atom stereocenters. The molecule has 0 fully saturated rings. The number of rotatable bonds is 0. The van der Waals surface area contributed by atoms with Gasteiger partial charge in [0.1, 0.15) is 11.5 Å². The smallest absolute Gasteiger partial charge is 0.125 e. The van der Waals surface area contributed by atoms with Gasteiger partial charge in [0.2, 0.25) is 0 Å². The zero-order chi connectivity index (χ0) is 10.4. The minimum Gasteiger partial charge on any atom is -0.507 e. The molecule has 3 heteroatoms. The highest BCUT2D eigenvalue weighted by molar-refractivity contribution is 5.99. The Labute approximate surface area is 87.0 Å². The number of fused-ring (bicyclic) bond motifs is 3. The first-order chi connectivity index (χ1) is 7.27. The second-order valence-corrected chi connectivity index (χ2v) is 3.80. The lowest BCUT2D eigenvalue weighted by Gasteiger charge is -2.08. The number of nitrogens with one attached hydrogen (secondary N) is 1. The van der Waals surface area contributed by atoms with E-state index in [2.05, 4.69) is 5.32 Å². The van der Waals surface area contributed by atoms with Gasteiger partial charge in [-0.1, -0.05) is 12.1 Å². The summed E-state index contributed by atoms with van der Waals surface area (Å²) in [6.07, 6.45) is 0.893. The molecule has 1 aliphatic heterocycles. The van der Waals surface area contributed by atoms with Crippen LogP contribution in [0.3, 0.4) is 0 Å². The minimum absolute atomic E-state index is 0.217. The molecule has 2 aromatic rings. The van der Waals surface area contributed by atoms with Crippen molar-refractivity contribution in [3.05, 3.63) is 29.8 Å². The van der Waals surface area contributed by atoms with Gasteiger partial charge in [0.25, 0.3) is 0 Å². The second-order valence-electron chi connectivity index (χ2n) is 3.80. The van der Waals surface area contributed by atoms with Gasteiger partial charge in [0.15, 0.2) is 0 Å². The molecule has 0 saturated heterocycles. The van der Waals surface area contributed by atoms with Crippen LogP contribution >= 0.6 is 0 Å². The fourth-order valence-electron chi connectivity index (χ4n) is 2.25. The highest BCUT2D eigenvalue weighted by atomic mass is 16.3. The van der Waals surface area contributed by atoms with Crippen LogP contribution in [0.5, 0.6) is 11.5 Å². The average Bonchev–Trinajstić information content (AvgIpc) is 2.66. The molecule has 0 spiro atoms. The lowest BCUT2D eigenvalue weighted by atomic mass is 10.0. The van der Waals surface area contributed by atoms with Gasteiger partial charge in [-0.3, -0.25) is 0 Å². The molecule has 0 aromatic heterocycles. The van der Waals surface area contributed by atoms with Gasteiger partial charge in [-0.05, 0) is 18.1 Å². The van der Waals surface area contributed by atoms with Gasteiger partial charge in [0, 0.05) is 29.1 Å². The zero-order valence-electron chi connectivity index (χ0n) is 8.12. The van der Waals surface area contributed by atoms with Gasteiger partial charge in [-0.15, -0.1) is 0 Å². The Bertz CT molecular complexity index is 549. The molecular formula is C12H11NO2. The van der Waals surface area contributed by atoms with Crippen LogP contribution in [-0.2, 0) is 6.42 Å². The lowest BCUT2D eigenvalue weighted by molar-refractivity contribution is 0.475. The number of benzene rings is 2. The van der Waals surface area contributed by atoms with Gasteiger partial charge in [0.05, 0.1) is 0 Å². The van der Waals surface area contributed by atoms with E-state index in [0.29, 0.717) is 0 Å². The van der Waals surface area contributed by atoms with Crippen LogP contribution in [0.15, 0.2) is 24.3 Å². The summed E-state index contributed by atoms with van der Waals surface area (Å²) < 4.78 is 0. The Kier molecular flexibility index (Phi) is 1.57. The first kappa shape index (κ1) is 8.41. The molecule has 0 amide bonds. The van der Waals surface area contributed by atoms with E-state index in [-0.39, 0.29) is 11.5 Å². The molecule has 2 aromatic carbocycles. The molecule has 3 N–H and O–H groups in total. The molecule has 0 atom stereocenters. The minimum atomic E-state index is 0.217. The quantitative estimate of drug-likeness (QED) is 0.612. The molecule has 1 aliphatic rings. The van der Waals surface area contributed by atoms with Crippen LogP contribution in [0.4, 0.5) is 5.69 Å². The Hall–Kier alpha value is -1.90. The predicted molar refractivity (Wildman–Crippen MR) is 59.5 cm³/mol. The van der Waals surface area contributed by atoms with Gasteiger partial charge >= 0.3 is 0 Å². The van der Waals surface area contributed by atoms with E-state index >= 15 is 0 Å². The molecule has 3 nitrogen and oxygen atoms in total. The third-order valence-corrected chi connectivity index (χ3v) is 2.92. The van der Waals surface area contributed by atoms with Crippen LogP contribution in [0.1, 0.15) is 5.56 Å². The van der Waals surface area contributed by atoms with Crippen molar-refractivity contribution in [2.75, 3.05) is 11.9 Å². The largest absolute Gasteiger partial charge is 0.507 e. The topological polar surface area (TPSA) is 52.5 Å². The Morgan fingerprint density at radius 3 is 2.87 bits per heavy atom. The SMILES string of the molecule is Oc1cc2c(c3c(O)cccc13)CCN2. The Morgan fingerprint density at radius 1 is 1.13 bits per heavy atom. The molecule has 0 bridgehead atoms. The highest BCUT2D eigenvalue weighted by Crippen LogP contribution is 2.40. The molecule has 0 radical (unpaired) electrons. The summed E-state index contributed by atoms with van der Waals surface area (Å²) in [4.78, 5) is 0. The van der Waals surface area contributed by atoms with Crippen molar-refractivity contribution < 1.29 is 10.2 Å². The molecular weight excluding hydrogens is 190 g/mol. The van der Waals surface area contributed by atoms with E-state index in [0.717, 1.165) is 35.0 Å². The van der Waals surface area contributed by atoms with E-state index in [1.54, 1.807) is 18.2 Å². The Balaban J connectivity index is 2.51. The van der Waals surface area contributed by atoms with Gasteiger partial charge in [-0.2, -0.15) is 0 Å². The van der Waals surface area contributed by atoms with Crippen LogP contribution in [0.2, 0.25) is 0 Å².